The topological polar surface area (TPSA) is 85.8 Å². The van der Waals surface area contributed by atoms with E-state index in [9.17, 15) is 18.0 Å². The highest BCUT2D eigenvalue weighted by Gasteiger charge is 2.33. The van der Waals surface area contributed by atoms with E-state index in [1.807, 2.05) is 20.2 Å². The predicted octanol–water partition coefficient (Wildman–Crippen LogP) is 5.70. The molecule has 0 atom stereocenters. The maximum atomic E-state index is 13.1. The maximum absolute atomic E-state index is 13.1. The van der Waals surface area contributed by atoms with E-state index in [-0.39, 0.29) is 17.1 Å². The second-order valence-electron chi connectivity index (χ2n) is 7.99. The lowest BCUT2D eigenvalue weighted by Gasteiger charge is -2.12. The summed E-state index contributed by atoms with van der Waals surface area (Å²) >= 11 is 5.65. The van der Waals surface area contributed by atoms with Crippen molar-refractivity contribution in [2.45, 2.75) is 13.1 Å². The second kappa shape index (κ2) is 9.76. The summed E-state index contributed by atoms with van der Waals surface area (Å²) in [6.45, 7) is 1.83. The van der Waals surface area contributed by atoms with Crippen molar-refractivity contribution in [3.63, 3.8) is 0 Å². The number of carbonyl (C=O) groups excluding carboxylic acids is 1. The number of nitrogens with zero attached hydrogens (tertiary/aromatic N) is 3. The molecule has 0 bridgehead atoms. The van der Waals surface area contributed by atoms with Crippen molar-refractivity contribution in [1.82, 2.24) is 14.8 Å². The molecule has 0 saturated carbocycles. The summed E-state index contributed by atoms with van der Waals surface area (Å²) in [5, 5.41) is 6.17. The van der Waals surface area contributed by atoms with Gasteiger partial charge in [-0.15, -0.1) is 0 Å². The van der Waals surface area contributed by atoms with E-state index >= 15 is 0 Å². The first-order valence-corrected chi connectivity index (χ1v) is 10.9. The summed E-state index contributed by atoms with van der Waals surface area (Å²) in [6.07, 6.45) is 0.536. The van der Waals surface area contributed by atoms with Gasteiger partial charge in [0.15, 0.2) is 0 Å². The highest BCUT2D eigenvalue weighted by molar-refractivity contribution is 6.31. The normalized spacial score (nSPS) is 11.1. The number of benzene rings is 2. The maximum Gasteiger partial charge on any atom is 0.417 e. The van der Waals surface area contributed by atoms with Crippen LogP contribution in [0.2, 0.25) is 5.02 Å². The molecule has 0 radical (unpaired) electrons. The Morgan fingerprint density at radius 1 is 1.06 bits per heavy atom. The first-order chi connectivity index (χ1) is 17.0. The molecule has 2 heterocycles. The molecular formula is C26H19ClF3N5O. The molecule has 10 heteroatoms. The smallest absolute Gasteiger partial charge is 0.383 e. The third-order valence-electron chi connectivity index (χ3n) is 5.32. The van der Waals surface area contributed by atoms with Crippen LogP contribution in [0.5, 0.6) is 0 Å². The minimum absolute atomic E-state index is 0.0315. The lowest BCUT2D eigenvalue weighted by molar-refractivity contribution is -0.137. The summed E-state index contributed by atoms with van der Waals surface area (Å²) in [7, 11) is 1.81. The summed E-state index contributed by atoms with van der Waals surface area (Å²) in [6, 6.07) is 9.81. The Labute approximate surface area is 209 Å². The monoisotopic (exact) mass is 509 g/mol. The van der Waals surface area contributed by atoms with Crippen molar-refractivity contribution in [3.05, 3.63) is 93.9 Å². The van der Waals surface area contributed by atoms with E-state index in [0.717, 1.165) is 28.8 Å². The van der Waals surface area contributed by atoms with Crippen LogP contribution >= 0.6 is 11.6 Å². The van der Waals surface area contributed by atoms with E-state index in [1.165, 1.54) is 6.07 Å². The zero-order valence-electron chi connectivity index (χ0n) is 19.1. The molecule has 2 aromatic carbocycles. The number of carbonyl (C=O) groups is 1. The number of aryl methyl sites for hydroxylation is 2. The quantitative estimate of drug-likeness (QED) is 0.347. The van der Waals surface area contributed by atoms with E-state index in [4.69, 9.17) is 17.3 Å². The molecule has 4 aromatic rings. The number of anilines is 2. The average Bonchev–Trinajstić information content (AvgIpc) is 3.26. The molecule has 6 nitrogen and oxygen atoms in total. The van der Waals surface area contributed by atoms with E-state index < -0.39 is 22.7 Å². The summed E-state index contributed by atoms with van der Waals surface area (Å²) in [5.74, 6) is 5.67. The van der Waals surface area contributed by atoms with Gasteiger partial charge in [-0.2, -0.15) is 18.3 Å². The first-order valence-electron chi connectivity index (χ1n) is 10.6. The minimum atomic E-state index is -4.64. The lowest BCUT2D eigenvalue weighted by Crippen LogP contribution is -2.14. The van der Waals surface area contributed by atoms with Crippen LogP contribution in [0.1, 0.15) is 32.6 Å². The molecule has 182 valence electrons. The highest BCUT2D eigenvalue weighted by Crippen LogP contribution is 2.36. The molecule has 0 saturated heterocycles. The minimum Gasteiger partial charge on any atom is -0.383 e. The molecule has 0 aliphatic heterocycles. The van der Waals surface area contributed by atoms with Crippen molar-refractivity contribution in [2.24, 2.45) is 7.05 Å². The van der Waals surface area contributed by atoms with Crippen LogP contribution in [0, 0.1) is 18.8 Å². The molecule has 36 heavy (non-hydrogen) atoms. The Morgan fingerprint density at radius 2 is 1.81 bits per heavy atom. The molecule has 0 aliphatic carbocycles. The molecule has 0 spiro atoms. The van der Waals surface area contributed by atoms with Gasteiger partial charge in [0, 0.05) is 47.4 Å². The largest absolute Gasteiger partial charge is 0.417 e. The van der Waals surface area contributed by atoms with E-state index in [2.05, 4.69) is 27.2 Å². The van der Waals surface area contributed by atoms with Crippen LogP contribution in [0.15, 0.2) is 61.1 Å². The molecule has 0 fully saturated rings. The molecule has 2 aromatic heterocycles. The van der Waals surface area contributed by atoms with E-state index in [0.29, 0.717) is 11.1 Å². The molecule has 4 rings (SSSR count). The Balaban J connectivity index is 1.60. The Bertz CT molecular complexity index is 1530. The Morgan fingerprint density at radius 3 is 2.50 bits per heavy atom. The average molecular weight is 510 g/mol. The number of halogens is 4. The Hall–Kier alpha value is -4.29. The van der Waals surface area contributed by atoms with Gasteiger partial charge in [0.1, 0.15) is 5.82 Å². The van der Waals surface area contributed by atoms with Crippen LogP contribution < -0.4 is 11.1 Å². The van der Waals surface area contributed by atoms with Crippen molar-refractivity contribution in [3.8, 4) is 23.0 Å². The third kappa shape index (κ3) is 5.50. The number of pyridine rings is 1. The van der Waals surface area contributed by atoms with Crippen molar-refractivity contribution >= 4 is 29.0 Å². The molecular weight excluding hydrogens is 491 g/mol. The third-order valence-corrected chi connectivity index (χ3v) is 5.65. The zero-order valence-corrected chi connectivity index (χ0v) is 19.9. The fourth-order valence-electron chi connectivity index (χ4n) is 3.36. The van der Waals surface area contributed by atoms with Gasteiger partial charge in [0.25, 0.3) is 5.91 Å². The summed E-state index contributed by atoms with van der Waals surface area (Å²) in [5.41, 5.74) is 8.69. The number of nitrogens with one attached hydrogen (secondary N) is 1. The number of hydrogen-bond acceptors (Lipinski definition) is 4. The second-order valence-corrected chi connectivity index (χ2v) is 8.39. The van der Waals surface area contributed by atoms with E-state index in [1.54, 1.807) is 41.3 Å². The van der Waals surface area contributed by atoms with Crippen molar-refractivity contribution < 1.29 is 18.0 Å². The van der Waals surface area contributed by atoms with Gasteiger partial charge in [-0.1, -0.05) is 29.5 Å². The van der Waals surface area contributed by atoms with Crippen LogP contribution in [0.3, 0.4) is 0 Å². The summed E-state index contributed by atoms with van der Waals surface area (Å²) < 4.78 is 41.1. The van der Waals surface area contributed by atoms with Crippen LogP contribution in [-0.2, 0) is 13.2 Å². The number of nitrogens with two attached hydrogens (primary N) is 1. The molecule has 1 amide bonds. The predicted molar refractivity (Wildman–Crippen MR) is 132 cm³/mol. The fourth-order valence-corrected chi connectivity index (χ4v) is 3.58. The molecule has 0 aliphatic rings. The van der Waals surface area contributed by atoms with Crippen LogP contribution in [-0.4, -0.2) is 20.7 Å². The zero-order chi connectivity index (χ0) is 26.0. The molecule has 3 N–H and O–H groups in total. The SMILES string of the molecule is Cc1ccc(C(=O)Nc2ccc(Cl)c(C(F)(F)F)c2)cc1C#Cc1cc(-c2cnn(C)c2)cnc1N. The standard InChI is InChI=1S/C26H19ClF3N5O/c1-15-3-4-18(25(36)34-21-7-8-23(27)22(11-21)26(28,29)30)9-16(15)5-6-17-10-19(12-32-24(17)31)20-13-33-35(2)14-20/h3-4,7-14H,1-2H3,(H2,31,32)(H,34,36). The number of amides is 1. The van der Waals surface area contributed by atoms with Gasteiger partial charge in [-0.25, -0.2) is 4.98 Å². The lowest BCUT2D eigenvalue weighted by atomic mass is 10.0. The van der Waals surface area contributed by atoms with Gasteiger partial charge < -0.3 is 11.1 Å². The van der Waals surface area contributed by atoms with Gasteiger partial charge in [-0.05, 0) is 48.9 Å². The number of alkyl halides is 3. The number of hydrogen-bond donors (Lipinski definition) is 2. The van der Waals surface area contributed by atoms with Crippen LogP contribution in [0.4, 0.5) is 24.7 Å². The van der Waals surface area contributed by atoms with Crippen molar-refractivity contribution in [2.75, 3.05) is 11.1 Å². The van der Waals surface area contributed by atoms with Gasteiger partial charge in [-0.3, -0.25) is 9.48 Å². The number of rotatable bonds is 3. The van der Waals surface area contributed by atoms with Crippen LogP contribution in [0.25, 0.3) is 11.1 Å². The summed E-state index contributed by atoms with van der Waals surface area (Å²) in [4.78, 5) is 17.0. The van der Waals surface area contributed by atoms with Gasteiger partial charge in [0.2, 0.25) is 0 Å². The highest BCUT2D eigenvalue weighted by atomic mass is 35.5. The van der Waals surface area contributed by atoms with Crippen molar-refractivity contribution in [1.29, 1.82) is 0 Å². The first kappa shape index (κ1) is 24.8. The van der Waals surface area contributed by atoms with Gasteiger partial charge in [0.05, 0.1) is 22.3 Å². The number of nitrogen functional groups attached to an aromatic ring is 1. The fraction of sp³-hybridized carbons (Fsp3) is 0.115. The van der Waals surface area contributed by atoms with Gasteiger partial charge >= 0.3 is 6.18 Å². The number of aromatic nitrogens is 3. The Kier molecular flexibility index (Phi) is 6.73. The molecule has 0 unspecified atom stereocenters.